The second-order valence-corrected chi connectivity index (χ2v) is 5.18. The van der Waals surface area contributed by atoms with E-state index in [0.717, 1.165) is 0 Å². The standard InChI is InChI=1S/C15H15N3O3/c19-15(17-9-11(10-17)18-6-2-5-16-18)12-3-1-4-13-14(12)21-8-7-20-13/h1-6,11H,7-10H2. The first-order valence-corrected chi connectivity index (χ1v) is 7.00. The lowest BCUT2D eigenvalue weighted by atomic mass is 10.1. The second kappa shape index (κ2) is 4.80. The predicted octanol–water partition coefficient (Wildman–Crippen LogP) is 1.35. The van der Waals surface area contributed by atoms with Crippen LogP contribution < -0.4 is 9.47 Å². The summed E-state index contributed by atoms with van der Waals surface area (Å²) >= 11 is 0. The van der Waals surface area contributed by atoms with Crippen LogP contribution in [0, 0.1) is 0 Å². The molecule has 0 radical (unpaired) electrons. The monoisotopic (exact) mass is 285 g/mol. The van der Waals surface area contributed by atoms with Gasteiger partial charge in [0.1, 0.15) is 13.2 Å². The molecule has 1 amide bonds. The summed E-state index contributed by atoms with van der Waals surface area (Å²) in [5.74, 6) is 1.20. The van der Waals surface area contributed by atoms with E-state index < -0.39 is 0 Å². The molecule has 1 aromatic heterocycles. The summed E-state index contributed by atoms with van der Waals surface area (Å²) in [5, 5.41) is 4.21. The van der Waals surface area contributed by atoms with Crippen molar-refractivity contribution in [2.75, 3.05) is 26.3 Å². The van der Waals surface area contributed by atoms with E-state index in [4.69, 9.17) is 9.47 Å². The zero-order chi connectivity index (χ0) is 14.2. The summed E-state index contributed by atoms with van der Waals surface area (Å²) in [6, 6.07) is 7.60. The first kappa shape index (κ1) is 12.3. The van der Waals surface area contributed by atoms with Crippen LogP contribution in [0.5, 0.6) is 11.5 Å². The molecule has 6 nitrogen and oxygen atoms in total. The number of amides is 1. The number of carbonyl (C=O) groups excluding carboxylic acids is 1. The van der Waals surface area contributed by atoms with Gasteiger partial charge in [0.05, 0.1) is 11.6 Å². The van der Waals surface area contributed by atoms with Crippen molar-refractivity contribution in [3.05, 3.63) is 42.2 Å². The van der Waals surface area contributed by atoms with E-state index in [1.54, 1.807) is 17.2 Å². The van der Waals surface area contributed by atoms with Crippen molar-refractivity contribution in [3.63, 3.8) is 0 Å². The Morgan fingerprint density at radius 1 is 1.19 bits per heavy atom. The van der Waals surface area contributed by atoms with Crippen LogP contribution in [0.3, 0.4) is 0 Å². The van der Waals surface area contributed by atoms with Crippen molar-refractivity contribution < 1.29 is 14.3 Å². The van der Waals surface area contributed by atoms with Gasteiger partial charge in [-0.1, -0.05) is 6.07 Å². The molecular formula is C15H15N3O3. The zero-order valence-corrected chi connectivity index (χ0v) is 11.4. The quantitative estimate of drug-likeness (QED) is 0.836. The number of hydrogen-bond donors (Lipinski definition) is 0. The molecule has 108 valence electrons. The number of rotatable bonds is 2. The van der Waals surface area contributed by atoms with Gasteiger partial charge in [-0.15, -0.1) is 0 Å². The zero-order valence-electron chi connectivity index (χ0n) is 11.4. The van der Waals surface area contributed by atoms with E-state index in [1.807, 2.05) is 29.1 Å². The van der Waals surface area contributed by atoms with Gasteiger partial charge in [-0.3, -0.25) is 9.48 Å². The highest BCUT2D eigenvalue weighted by molar-refractivity contribution is 5.98. The second-order valence-electron chi connectivity index (χ2n) is 5.18. The van der Waals surface area contributed by atoms with Crippen LogP contribution in [0.15, 0.2) is 36.7 Å². The van der Waals surface area contributed by atoms with Gasteiger partial charge < -0.3 is 14.4 Å². The molecule has 21 heavy (non-hydrogen) atoms. The third kappa shape index (κ3) is 2.03. The normalized spacial score (nSPS) is 17.4. The van der Waals surface area contributed by atoms with Gasteiger partial charge in [0.2, 0.25) is 0 Å². The molecule has 0 aliphatic carbocycles. The van der Waals surface area contributed by atoms with Crippen molar-refractivity contribution in [3.8, 4) is 11.5 Å². The summed E-state index contributed by atoms with van der Waals surface area (Å²) in [6.45, 7) is 2.35. The molecule has 1 saturated heterocycles. The Kier molecular flexibility index (Phi) is 2.80. The third-order valence-corrected chi connectivity index (χ3v) is 3.85. The summed E-state index contributed by atoms with van der Waals surface area (Å²) < 4.78 is 13.0. The SMILES string of the molecule is O=C(c1cccc2c1OCCO2)N1CC(n2cccn2)C1. The van der Waals surface area contributed by atoms with Crippen LogP contribution in [0.25, 0.3) is 0 Å². The Morgan fingerprint density at radius 3 is 2.86 bits per heavy atom. The molecule has 6 heteroatoms. The van der Waals surface area contributed by atoms with Gasteiger partial charge >= 0.3 is 0 Å². The smallest absolute Gasteiger partial charge is 0.257 e. The maximum absolute atomic E-state index is 12.6. The number of hydrogen-bond acceptors (Lipinski definition) is 4. The molecule has 0 bridgehead atoms. The molecule has 1 aromatic carbocycles. The van der Waals surface area contributed by atoms with Gasteiger partial charge in [-0.05, 0) is 18.2 Å². The van der Waals surface area contributed by atoms with E-state index >= 15 is 0 Å². The average molecular weight is 285 g/mol. The summed E-state index contributed by atoms with van der Waals surface area (Å²) in [4.78, 5) is 14.4. The molecule has 0 saturated carbocycles. The lowest BCUT2D eigenvalue weighted by Crippen LogP contribution is -2.51. The number of fused-ring (bicyclic) bond motifs is 1. The van der Waals surface area contributed by atoms with Gasteiger partial charge in [0.25, 0.3) is 5.91 Å². The van der Waals surface area contributed by atoms with E-state index in [1.165, 1.54) is 0 Å². The summed E-state index contributed by atoms with van der Waals surface area (Å²) in [6.07, 6.45) is 3.68. The van der Waals surface area contributed by atoms with E-state index in [2.05, 4.69) is 5.10 Å². The molecule has 4 rings (SSSR count). The van der Waals surface area contributed by atoms with E-state index in [0.29, 0.717) is 43.4 Å². The first-order valence-electron chi connectivity index (χ1n) is 7.00. The molecule has 2 aromatic rings. The minimum Gasteiger partial charge on any atom is -0.486 e. The molecule has 0 unspecified atom stereocenters. The van der Waals surface area contributed by atoms with Crippen molar-refractivity contribution >= 4 is 5.91 Å². The minimum absolute atomic E-state index is 0.0132. The highest BCUT2D eigenvalue weighted by Crippen LogP contribution is 2.35. The average Bonchev–Trinajstić information content (AvgIpc) is 2.99. The summed E-state index contributed by atoms with van der Waals surface area (Å²) in [5.41, 5.74) is 0.575. The Balaban J connectivity index is 1.52. The van der Waals surface area contributed by atoms with Gasteiger partial charge in [-0.25, -0.2) is 0 Å². The van der Waals surface area contributed by atoms with Gasteiger partial charge in [0, 0.05) is 25.5 Å². The maximum Gasteiger partial charge on any atom is 0.257 e. The Morgan fingerprint density at radius 2 is 2.05 bits per heavy atom. The fraction of sp³-hybridized carbons (Fsp3) is 0.333. The van der Waals surface area contributed by atoms with Crippen LogP contribution in [0.1, 0.15) is 16.4 Å². The highest BCUT2D eigenvalue weighted by atomic mass is 16.6. The molecule has 1 fully saturated rings. The molecule has 0 atom stereocenters. The van der Waals surface area contributed by atoms with Crippen LogP contribution >= 0.6 is 0 Å². The predicted molar refractivity (Wildman–Crippen MR) is 74.6 cm³/mol. The van der Waals surface area contributed by atoms with Gasteiger partial charge in [-0.2, -0.15) is 5.10 Å². The number of aromatic nitrogens is 2. The number of para-hydroxylation sites is 1. The fourth-order valence-corrected chi connectivity index (χ4v) is 2.70. The molecule has 0 N–H and O–H groups in total. The topological polar surface area (TPSA) is 56.6 Å². The van der Waals surface area contributed by atoms with E-state index in [9.17, 15) is 4.79 Å². The number of benzene rings is 1. The third-order valence-electron chi connectivity index (χ3n) is 3.85. The van der Waals surface area contributed by atoms with Crippen LogP contribution in [0.4, 0.5) is 0 Å². The highest BCUT2D eigenvalue weighted by Gasteiger charge is 2.34. The van der Waals surface area contributed by atoms with Crippen molar-refractivity contribution in [1.29, 1.82) is 0 Å². The Labute approximate surface area is 121 Å². The van der Waals surface area contributed by atoms with Crippen molar-refractivity contribution in [2.24, 2.45) is 0 Å². The Hall–Kier alpha value is -2.50. The Bertz CT molecular complexity index is 663. The number of carbonyl (C=O) groups is 1. The van der Waals surface area contributed by atoms with Crippen LogP contribution in [-0.4, -0.2) is 46.9 Å². The minimum atomic E-state index is -0.0132. The molecule has 3 heterocycles. The molecule has 0 spiro atoms. The lowest BCUT2D eigenvalue weighted by molar-refractivity contribution is 0.0493. The largest absolute Gasteiger partial charge is 0.486 e. The molecule has 2 aliphatic heterocycles. The molecule has 2 aliphatic rings. The first-order chi connectivity index (χ1) is 10.3. The lowest BCUT2D eigenvalue weighted by Gasteiger charge is -2.39. The number of nitrogens with zero attached hydrogens (tertiary/aromatic N) is 3. The summed E-state index contributed by atoms with van der Waals surface area (Å²) in [7, 11) is 0. The van der Waals surface area contributed by atoms with Gasteiger partial charge in [0.15, 0.2) is 11.5 Å². The molecular weight excluding hydrogens is 270 g/mol. The van der Waals surface area contributed by atoms with Crippen LogP contribution in [0.2, 0.25) is 0 Å². The van der Waals surface area contributed by atoms with Crippen molar-refractivity contribution in [2.45, 2.75) is 6.04 Å². The number of ether oxygens (including phenoxy) is 2. The van der Waals surface area contributed by atoms with Crippen LogP contribution in [-0.2, 0) is 0 Å². The maximum atomic E-state index is 12.6. The van der Waals surface area contributed by atoms with Crippen molar-refractivity contribution in [1.82, 2.24) is 14.7 Å². The van der Waals surface area contributed by atoms with E-state index in [-0.39, 0.29) is 11.9 Å². The fourth-order valence-electron chi connectivity index (χ4n) is 2.70. The number of likely N-dealkylation sites (tertiary alicyclic amines) is 1.